The summed E-state index contributed by atoms with van der Waals surface area (Å²) in [6.45, 7) is 13.7. The van der Waals surface area contributed by atoms with Crippen molar-refractivity contribution in [2.24, 2.45) is 0 Å². The number of unbranched alkanes of at least 4 members (excludes halogenated alkanes) is 15. The van der Waals surface area contributed by atoms with Gasteiger partial charge >= 0.3 is 0 Å². The molecule has 0 amide bonds. The lowest BCUT2D eigenvalue weighted by atomic mass is 9.94. The molecule has 2 aromatic carbocycles. The summed E-state index contributed by atoms with van der Waals surface area (Å²) < 4.78 is 0. The largest absolute Gasteiger partial charge is 0.236 e. The Morgan fingerprint density at radius 1 is 0.421 bits per heavy atom. The first kappa shape index (κ1) is 48.7. The predicted octanol–water partition coefficient (Wildman–Crippen LogP) is 16.4. The molecule has 0 bridgehead atoms. The molecule has 2 heterocycles. The zero-order valence-electron chi connectivity index (χ0n) is 36.9. The van der Waals surface area contributed by atoms with Crippen molar-refractivity contribution in [3.8, 4) is 22.8 Å². The highest BCUT2D eigenvalue weighted by Crippen LogP contribution is 2.31. The predicted molar refractivity (Wildman–Crippen MR) is 253 cm³/mol. The third-order valence-electron chi connectivity index (χ3n) is 11.4. The molecule has 0 saturated heterocycles. The van der Waals surface area contributed by atoms with Gasteiger partial charge in [0.05, 0.1) is 0 Å². The Hall–Kier alpha value is -2.70. The van der Waals surface area contributed by atoms with Crippen LogP contribution in [-0.4, -0.2) is 19.9 Å². The Bertz CT molecular complexity index is 1620. The summed E-state index contributed by atoms with van der Waals surface area (Å²) in [5.41, 5.74) is 7.27. The van der Waals surface area contributed by atoms with Crippen LogP contribution in [0.1, 0.15) is 210 Å². The molecule has 4 nitrogen and oxygen atoms in total. The van der Waals surface area contributed by atoms with Gasteiger partial charge < -0.3 is 0 Å². The van der Waals surface area contributed by atoms with Crippen molar-refractivity contribution in [3.05, 3.63) is 83.4 Å². The van der Waals surface area contributed by atoms with Crippen molar-refractivity contribution in [1.29, 1.82) is 0 Å². The topological polar surface area (TPSA) is 51.6 Å². The van der Waals surface area contributed by atoms with E-state index in [0.717, 1.165) is 45.4 Å². The third-order valence-corrected chi connectivity index (χ3v) is 12.2. The highest BCUT2D eigenvalue weighted by atomic mass is 32.1. The van der Waals surface area contributed by atoms with Crippen LogP contribution in [0.5, 0.6) is 0 Å². The molecule has 0 radical (unpaired) electrons. The molecule has 0 saturated carbocycles. The number of thiol groups is 2. The Morgan fingerprint density at radius 2 is 0.737 bits per heavy atom. The van der Waals surface area contributed by atoms with E-state index in [-0.39, 0.29) is 0 Å². The second kappa shape index (κ2) is 29.5. The van der Waals surface area contributed by atoms with E-state index in [1.807, 2.05) is 24.8 Å². The minimum absolute atomic E-state index is 0.576. The van der Waals surface area contributed by atoms with E-state index in [4.69, 9.17) is 25.3 Å². The van der Waals surface area contributed by atoms with Gasteiger partial charge in [0.15, 0.2) is 11.6 Å². The lowest BCUT2D eigenvalue weighted by Gasteiger charge is -2.14. The average Bonchev–Trinajstić information content (AvgIpc) is 3.23. The fraction of sp³-hybridized carbons (Fsp3) is 0.608. The summed E-state index contributed by atoms with van der Waals surface area (Å²) in [6, 6.07) is 13.1. The number of rotatable bonds is 27. The van der Waals surface area contributed by atoms with Crippen LogP contribution < -0.4 is 0 Å². The van der Waals surface area contributed by atoms with Crippen molar-refractivity contribution >= 4 is 25.3 Å². The van der Waals surface area contributed by atoms with E-state index in [1.54, 1.807) is 0 Å². The average molecular weight is 811 g/mol. The summed E-state index contributed by atoms with van der Waals surface area (Å²) >= 11 is 9.47. The Morgan fingerprint density at radius 3 is 1.07 bits per heavy atom. The van der Waals surface area contributed by atoms with E-state index >= 15 is 0 Å². The van der Waals surface area contributed by atoms with Crippen LogP contribution in [0.3, 0.4) is 0 Å². The molecule has 0 fully saturated rings. The zero-order valence-corrected chi connectivity index (χ0v) is 38.7. The van der Waals surface area contributed by atoms with Crippen molar-refractivity contribution < 1.29 is 0 Å². The monoisotopic (exact) mass is 811 g/mol. The molecule has 2 atom stereocenters. The number of benzene rings is 2. The van der Waals surface area contributed by atoms with Gasteiger partial charge in [0.25, 0.3) is 0 Å². The maximum absolute atomic E-state index is 4.74. The van der Waals surface area contributed by atoms with Gasteiger partial charge in [-0.1, -0.05) is 163 Å². The Balaban J connectivity index is 0.000000306. The van der Waals surface area contributed by atoms with E-state index in [0.29, 0.717) is 11.8 Å². The van der Waals surface area contributed by atoms with Crippen LogP contribution in [0.4, 0.5) is 0 Å². The molecule has 2 aromatic heterocycles. The van der Waals surface area contributed by atoms with Crippen LogP contribution in [0.15, 0.2) is 71.0 Å². The lowest BCUT2D eigenvalue weighted by Crippen LogP contribution is -1.97. The second-order valence-electron chi connectivity index (χ2n) is 16.6. The van der Waals surface area contributed by atoms with Crippen LogP contribution in [0, 0.1) is 0 Å². The fourth-order valence-corrected chi connectivity index (χ4v) is 8.11. The first-order valence-electron chi connectivity index (χ1n) is 23.1. The summed E-state index contributed by atoms with van der Waals surface area (Å²) in [5.74, 6) is 2.71. The lowest BCUT2D eigenvalue weighted by molar-refractivity contribution is 0.579. The van der Waals surface area contributed by atoms with Crippen molar-refractivity contribution in [2.75, 3.05) is 0 Å². The van der Waals surface area contributed by atoms with Crippen LogP contribution in [0.25, 0.3) is 22.8 Å². The number of nitrogens with zero attached hydrogens (tertiary/aromatic N) is 4. The molecule has 314 valence electrons. The smallest absolute Gasteiger partial charge is 0.160 e. The van der Waals surface area contributed by atoms with Crippen molar-refractivity contribution in [1.82, 2.24) is 19.9 Å². The standard InChI is InChI=1S/C26H40N2S.C25H38N2S/c1-4-6-8-10-11-13-15-22-19-27-26(28-20-22)24-17-16-23(18-25(24)29)21(3)14-12-9-7-5-2;1-4-6-8-10-12-14-21-18-26-25(27-19-21)23-16-15-22(17-24(23)28)20(3)13-11-9-7-5-2/h16-21,29H,4-15H2,1-3H3;15-20,28H,4-14H2,1-3H3. The molecule has 4 rings (SSSR count). The molecule has 0 aliphatic heterocycles. The van der Waals surface area contributed by atoms with Gasteiger partial charge in [-0.15, -0.1) is 25.3 Å². The van der Waals surface area contributed by atoms with Gasteiger partial charge in [0.1, 0.15) is 0 Å². The van der Waals surface area contributed by atoms with Gasteiger partial charge in [-0.25, -0.2) is 19.9 Å². The van der Waals surface area contributed by atoms with E-state index < -0.39 is 0 Å². The van der Waals surface area contributed by atoms with E-state index in [9.17, 15) is 0 Å². The summed E-state index contributed by atoms with van der Waals surface area (Å²) in [7, 11) is 0. The Labute approximate surface area is 360 Å². The summed E-state index contributed by atoms with van der Waals surface area (Å²) in [4.78, 5) is 20.4. The number of hydrogen-bond acceptors (Lipinski definition) is 6. The molecular weight excluding hydrogens is 733 g/mol. The maximum atomic E-state index is 4.74. The van der Waals surface area contributed by atoms with Crippen LogP contribution in [-0.2, 0) is 12.8 Å². The molecule has 0 N–H and O–H groups in total. The van der Waals surface area contributed by atoms with Gasteiger partial charge in [-0.2, -0.15) is 0 Å². The van der Waals surface area contributed by atoms with Crippen molar-refractivity contribution in [3.63, 3.8) is 0 Å². The quantitative estimate of drug-likeness (QED) is 0.0465. The molecule has 2 unspecified atom stereocenters. The molecule has 0 aliphatic rings. The van der Waals surface area contributed by atoms with Gasteiger partial charge in [-0.3, -0.25) is 0 Å². The molecular formula is C51H78N4S2. The van der Waals surface area contributed by atoms with Gasteiger partial charge in [0.2, 0.25) is 0 Å². The maximum Gasteiger partial charge on any atom is 0.160 e. The Kier molecular flexibility index (Phi) is 25.2. The molecule has 0 spiro atoms. The second-order valence-corrected chi connectivity index (χ2v) is 17.5. The van der Waals surface area contributed by atoms with E-state index in [1.165, 1.54) is 157 Å². The van der Waals surface area contributed by atoms with Crippen LogP contribution in [0.2, 0.25) is 0 Å². The highest BCUT2D eigenvalue weighted by Gasteiger charge is 2.13. The normalized spacial score (nSPS) is 12.3. The molecule has 4 aromatic rings. The van der Waals surface area contributed by atoms with Crippen LogP contribution >= 0.6 is 25.3 Å². The number of hydrogen-bond donors (Lipinski definition) is 2. The third kappa shape index (κ3) is 18.8. The first-order valence-corrected chi connectivity index (χ1v) is 24.0. The zero-order chi connectivity index (χ0) is 41.1. The fourth-order valence-electron chi connectivity index (χ4n) is 7.46. The van der Waals surface area contributed by atoms with Gasteiger partial charge in [0, 0.05) is 45.7 Å². The molecule has 0 aliphatic carbocycles. The highest BCUT2D eigenvalue weighted by molar-refractivity contribution is 7.80. The number of aryl methyl sites for hydroxylation is 2. The first-order chi connectivity index (χ1) is 27.8. The van der Waals surface area contributed by atoms with Gasteiger partial charge in [-0.05, 0) is 96.9 Å². The van der Waals surface area contributed by atoms with Crippen molar-refractivity contribution in [2.45, 2.75) is 211 Å². The number of aromatic nitrogens is 4. The molecule has 6 heteroatoms. The minimum atomic E-state index is 0.576. The summed E-state index contributed by atoms with van der Waals surface area (Å²) in [5, 5.41) is 0. The van der Waals surface area contributed by atoms with E-state index in [2.05, 4.69) is 97.9 Å². The minimum Gasteiger partial charge on any atom is -0.236 e. The molecule has 57 heavy (non-hydrogen) atoms. The summed E-state index contributed by atoms with van der Waals surface area (Å²) in [6.07, 6.45) is 37.6. The SMILES string of the molecule is CCCCCCCCc1cnc(-c2ccc(C(C)CCCCCC)cc2S)nc1.CCCCCCCc1cnc(-c2ccc(C(C)CCCCCC)cc2S)nc1.